The Balaban J connectivity index is 1.52. The van der Waals surface area contributed by atoms with E-state index in [0.29, 0.717) is 37.1 Å². The fraction of sp³-hybridized carbons (Fsp3) is 0.344. The molecule has 1 heterocycles. The van der Waals surface area contributed by atoms with Crippen molar-refractivity contribution in [1.29, 1.82) is 0 Å². The van der Waals surface area contributed by atoms with Gasteiger partial charge in [-0.2, -0.15) is 0 Å². The summed E-state index contributed by atoms with van der Waals surface area (Å²) < 4.78 is 18.1. The van der Waals surface area contributed by atoms with E-state index < -0.39 is 0 Å². The number of anilines is 2. The number of allylic oxidation sites excluding steroid dienone is 1. The summed E-state index contributed by atoms with van der Waals surface area (Å²) in [5, 5.41) is 7.26. The summed E-state index contributed by atoms with van der Waals surface area (Å²) >= 11 is 3.67. The molecule has 0 fully saturated rings. The third-order valence-electron chi connectivity index (χ3n) is 7.12. The molecule has 0 spiro atoms. The number of para-hydroxylation sites is 2. The van der Waals surface area contributed by atoms with Crippen LogP contribution in [0.4, 0.5) is 11.4 Å². The number of carbonyl (C=O) groups excluding carboxylic acids is 1. The molecule has 2 aliphatic rings. The Bertz CT molecular complexity index is 1380. The molecule has 2 N–H and O–H groups in total. The Morgan fingerprint density at radius 3 is 2.41 bits per heavy atom. The lowest BCUT2D eigenvalue weighted by atomic mass is 9.78. The molecule has 2 atom stereocenters. The molecule has 0 saturated carbocycles. The van der Waals surface area contributed by atoms with E-state index in [1.165, 1.54) is 0 Å². The van der Waals surface area contributed by atoms with Crippen molar-refractivity contribution in [3.05, 3.63) is 87.5 Å². The third kappa shape index (κ3) is 5.78. The van der Waals surface area contributed by atoms with Crippen LogP contribution in [0.15, 0.2) is 76.4 Å². The number of hydrogen-bond donors (Lipinski definition) is 2. The van der Waals surface area contributed by atoms with E-state index in [9.17, 15) is 4.79 Å². The highest BCUT2D eigenvalue weighted by atomic mass is 79.9. The molecule has 0 bridgehead atoms. The standard InChI is InChI=1S/C32H35BrN2O4/c1-5-38-32-24(33)14-22(17-29(32)37-4)31-30-27(34-25-8-6-7-9-26(25)35-31)15-21(16-28(30)36)20-10-12-23(13-11-20)39-18-19(2)3/h6-14,17,19,21,31,34-35H,5,15-16,18H2,1-4H3. The average Bonchev–Trinajstić information content (AvgIpc) is 3.10. The lowest BCUT2D eigenvalue weighted by molar-refractivity contribution is -0.116. The fourth-order valence-corrected chi connectivity index (χ4v) is 5.84. The number of Topliss-reactive ketones (excluding diaryl/α,β-unsaturated/α-hetero) is 1. The Morgan fingerprint density at radius 2 is 1.72 bits per heavy atom. The second-order valence-electron chi connectivity index (χ2n) is 10.4. The van der Waals surface area contributed by atoms with Gasteiger partial charge in [0.2, 0.25) is 0 Å². The first-order chi connectivity index (χ1) is 18.9. The van der Waals surface area contributed by atoms with Gasteiger partial charge in [-0.3, -0.25) is 4.79 Å². The molecule has 0 radical (unpaired) electrons. The van der Waals surface area contributed by atoms with Gasteiger partial charge in [-0.1, -0.05) is 38.1 Å². The number of ether oxygens (including phenoxy) is 3. The summed E-state index contributed by atoms with van der Waals surface area (Å²) in [5.74, 6) is 2.80. The summed E-state index contributed by atoms with van der Waals surface area (Å²) in [6.07, 6.45) is 1.17. The van der Waals surface area contributed by atoms with Gasteiger partial charge in [-0.15, -0.1) is 0 Å². The van der Waals surface area contributed by atoms with Gasteiger partial charge in [0.1, 0.15) is 5.75 Å². The van der Waals surface area contributed by atoms with Crippen LogP contribution >= 0.6 is 15.9 Å². The summed E-state index contributed by atoms with van der Waals surface area (Å²) in [5.41, 5.74) is 5.67. The van der Waals surface area contributed by atoms with Crippen molar-refractivity contribution >= 4 is 33.1 Å². The largest absolute Gasteiger partial charge is 0.493 e. The van der Waals surface area contributed by atoms with Gasteiger partial charge in [-0.05, 0) is 88.6 Å². The number of nitrogens with one attached hydrogen (secondary N) is 2. The molecule has 1 aliphatic heterocycles. The lowest BCUT2D eigenvalue weighted by Crippen LogP contribution is -2.27. The maximum atomic E-state index is 13.9. The average molecular weight is 592 g/mol. The normalized spacial score (nSPS) is 18.5. The van der Waals surface area contributed by atoms with Crippen molar-refractivity contribution in [2.24, 2.45) is 5.92 Å². The highest BCUT2D eigenvalue weighted by molar-refractivity contribution is 9.10. The number of benzene rings is 3. The molecule has 3 aromatic rings. The first-order valence-electron chi connectivity index (χ1n) is 13.5. The Labute approximate surface area is 238 Å². The van der Waals surface area contributed by atoms with Crippen molar-refractivity contribution < 1.29 is 19.0 Å². The van der Waals surface area contributed by atoms with Gasteiger partial charge in [0.15, 0.2) is 17.3 Å². The van der Waals surface area contributed by atoms with Crippen LogP contribution in [0, 0.1) is 5.92 Å². The van der Waals surface area contributed by atoms with Crippen molar-refractivity contribution in [2.75, 3.05) is 31.0 Å². The summed E-state index contributed by atoms with van der Waals surface area (Å²) in [7, 11) is 1.63. The van der Waals surface area contributed by atoms with E-state index >= 15 is 0 Å². The molecular weight excluding hydrogens is 556 g/mol. The minimum absolute atomic E-state index is 0.0791. The number of hydrogen-bond acceptors (Lipinski definition) is 6. The monoisotopic (exact) mass is 590 g/mol. The molecule has 5 rings (SSSR count). The molecule has 3 aromatic carbocycles. The van der Waals surface area contributed by atoms with E-state index in [1.807, 2.05) is 55.5 Å². The number of ketones is 1. The number of fused-ring (bicyclic) bond motifs is 1. The van der Waals surface area contributed by atoms with Gasteiger partial charge in [0, 0.05) is 17.7 Å². The zero-order chi connectivity index (χ0) is 27.5. The van der Waals surface area contributed by atoms with Crippen LogP contribution in [0.1, 0.15) is 56.7 Å². The maximum Gasteiger partial charge on any atom is 0.175 e. The second-order valence-corrected chi connectivity index (χ2v) is 11.3. The van der Waals surface area contributed by atoms with Gasteiger partial charge in [-0.25, -0.2) is 0 Å². The van der Waals surface area contributed by atoms with E-state index in [0.717, 1.165) is 50.4 Å². The molecule has 6 nitrogen and oxygen atoms in total. The minimum Gasteiger partial charge on any atom is -0.493 e. The van der Waals surface area contributed by atoms with Crippen LogP contribution in [-0.4, -0.2) is 26.1 Å². The van der Waals surface area contributed by atoms with E-state index in [1.54, 1.807) is 7.11 Å². The van der Waals surface area contributed by atoms with Crippen molar-refractivity contribution in [2.45, 2.75) is 45.6 Å². The number of carbonyl (C=O) groups is 1. The summed E-state index contributed by atoms with van der Waals surface area (Å²) in [4.78, 5) is 13.9. The molecule has 1 aliphatic carbocycles. The predicted octanol–water partition coefficient (Wildman–Crippen LogP) is 7.87. The molecule has 0 saturated heterocycles. The molecular formula is C32H35BrN2O4. The Morgan fingerprint density at radius 1 is 0.974 bits per heavy atom. The molecule has 0 aromatic heterocycles. The minimum atomic E-state index is -0.350. The van der Waals surface area contributed by atoms with E-state index in [4.69, 9.17) is 14.2 Å². The summed E-state index contributed by atoms with van der Waals surface area (Å²) in [6.45, 7) is 7.41. The molecule has 204 valence electrons. The van der Waals surface area contributed by atoms with Crippen LogP contribution in [0.2, 0.25) is 0 Å². The number of rotatable bonds is 8. The van der Waals surface area contributed by atoms with Gasteiger partial charge >= 0.3 is 0 Å². The van der Waals surface area contributed by atoms with Crippen LogP contribution in [-0.2, 0) is 4.79 Å². The van der Waals surface area contributed by atoms with Crippen molar-refractivity contribution in [3.8, 4) is 17.2 Å². The topological polar surface area (TPSA) is 68.8 Å². The van der Waals surface area contributed by atoms with Crippen molar-refractivity contribution in [3.63, 3.8) is 0 Å². The van der Waals surface area contributed by atoms with Crippen LogP contribution < -0.4 is 24.8 Å². The molecule has 2 unspecified atom stereocenters. The summed E-state index contributed by atoms with van der Waals surface area (Å²) in [6, 6.07) is 19.9. The SMILES string of the molecule is CCOc1c(Br)cc(C2Nc3ccccc3NC3=C2C(=O)CC(c2ccc(OCC(C)C)cc2)C3)cc1OC. The molecule has 39 heavy (non-hydrogen) atoms. The second kappa shape index (κ2) is 11.7. The molecule has 0 amide bonds. The van der Waals surface area contributed by atoms with E-state index in [-0.39, 0.29) is 17.7 Å². The number of methoxy groups -OCH3 is 1. The molecule has 7 heteroatoms. The highest BCUT2D eigenvalue weighted by Crippen LogP contribution is 2.46. The van der Waals surface area contributed by atoms with Gasteiger partial charge in [0.25, 0.3) is 0 Å². The van der Waals surface area contributed by atoms with Crippen molar-refractivity contribution in [1.82, 2.24) is 0 Å². The Kier molecular flexibility index (Phi) is 8.17. The zero-order valence-electron chi connectivity index (χ0n) is 22.8. The van der Waals surface area contributed by atoms with Crippen LogP contribution in [0.5, 0.6) is 17.2 Å². The zero-order valence-corrected chi connectivity index (χ0v) is 24.4. The lowest BCUT2D eigenvalue weighted by Gasteiger charge is -2.30. The number of halogens is 1. The smallest absolute Gasteiger partial charge is 0.175 e. The highest BCUT2D eigenvalue weighted by Gasteiger charge is 2.36. The fourth-order valence-electron chi connectivity index (χ4n) is 5.27. The van der Waals surface area contributed by atoms with Gasteiger partial charge in [0.05, 0.1) is 42.2 Å². The quantitative estimate of drug-likeness (QED) is 0.278. The third-order valence-corrected chi connectivity index (χ3v) is 7.71. The van der Waals surface area contributed by atoms with Gasteiger partial charge < -0.3 is 24.8 Å². The first-order valence-corrected chi connectivity index (χ1v) is 14.3. The Hall–Kier alpha value is -3.45. The first kappa shape index (κ1) is 27.1. The predicted molar refractivity (Wildman–Crippen MR) is 159 cm³/mol. The maximum absolute atomic E-state index is 13.9. The van der Waals surface area contributed by atoms with E-state index in [2.05, 4.69) is 52.5 Å². The van der Waals surface area contributed by atoms with Crippen LogP contribution in [0.3, 0.4) is 0 Å². The van der Waals surface area contributed by atoms with Crippen LogP contribution in [0.25, 0.3) is 0 Å².